The first-order valence-electron chi connectivity index (χ1n) is 6.30. The summed E-state index contributed by atoms with van der Waals surface area (Å²) in [6.45, 7) is 3.29. The quantitative estimate of drug-likeness (QED) is 0.831. The van der Waals surface area contributed by atoms with E-state index in [0.29, 0.717) is 11.1 Å². The van der Waals surface area contributed by atoms with Crippen LogP contribution in [0.25, 0.3) is 0 Å². The Labute approximate surface area is 119 Å². The van der Waals surface area contributed by atoms with E-state index in [1.165, 1.54) is 6.92 Å². The number of carbonyl (C=O) groups excluding carboxylic acids is 2. The van der Waals surface area contributed by atoms with Crippen LogP contribution in [-0.2, 0) is 0 Å². The van der Waals surface area contributed by atoms with Crippen LogP contribution < -0.4 is 10.6 Å². The van der Waals surface area contributed by atoms with Crippen LogP contribution in [0.2, 0.25) is 0 Å². The number of amides is 1. The maximum absolute atomic E-state index is 12.1. The van der Waals surface area contributed by atoms with Crippen LogP contribution in [-0.4, -0.2) is 30.8 Å². The lowest BCUT2D eigenvalue weighted by Crippen LogP contribution is -2.45. The van der Waals surface area contributed by atoms with Crippen molar-refractivity contribution >= 4 is 24.1 Å². The van der Waals surface area contributed by atoms with Gasteiger partial charge >= 0.3 is 0 Å². The van der Waals surface area contributed by atoms with Crippen LogP contribution in [0.4, 0.5) is 0 Å². The molecule has 1 fully saturated rings. The minimum atomic E-state index is -0.158. The lowest BCUT2D eigenvalue weighted by molar-refractivity contribution is 0.0918. The number of hydrogen-bond acceptors (Lipinski definition) is 3. The highest BCUT2D eigenvalue weighted by Gasteiger charge is 2.19. The summed E-state index contributed by atoms with van der Waals surface area (Å²) in [6.07, 6.45) is 2.06. The summed E-state index contributed by atoms with van der Waals surface area (Å²) in [4.78, 5) is 23.6. The molecule has 1 heterocycles. The standard InChI is InChI=1S/C14H18N2O2.ClH/c1-10(17)12-6-2-3-7-13(12)14(18)16-11-5-4-8-15-9-11;/h2-3,6-7,11,15H,4-5,8-9H2,1H3,(H,16,18);1H. The van der Waals surface area contributed by atoms with Crippen molar-refractivity contribution in [3.05, 3.63) is 35.4 Å². The molecule has 2 rings (SSSR count). The molecule has 0 radical (unpaired) electrons. The number of ketones is 1. The Hall–Kier alpha value is -1.39. The third-order valence-electron chi connectivity index (χ3n) is 3.18. The average Bonchev–Trinajstić information content (AvgIpc) is 2.40. The third-order valence-corrected chi connectivity index (χ3v) is 3.18. The van der Waals surface area contributed by atoms with E-state index in [4.69, 9.17) is 0 Å². The zero-order valence-electron chi connectivity index (χ0n) is 10.9. The minimum absolute atomic E-state index is 0. The molecule has 1 unspecified atom stereocenters. The summed E-state index contributed by atoms with van der Waals surface area (Å²) >= 11 is 0. The lowest BCUT2D eigenvalue weighted by Gasteiger charge is -2.24. The van der Waals surface area contributed by atoms with Crippen molar-refractivity contribution in [2.75, 3.05) is 13.1 Å². The second-order valence-corrected chi connectivity index (χ2v) is 4.62. The Bertz CT molecular complexity index is 457. The van der Waals surface area contributed by atoms with Gasteiger partial charge in [0.1, 0.15) is 0 Å². The fourth-order valence-electron chi connectivity index (χ4n) is 2.23. The molecule has 5 heteroatoms. The highest BCUT2D eigenvalue weighted by molar-refractivity contribution is 6.07. The maximum Gasteiger partial charge on any atom is 0.252 e. The molecule has 1 amide bonds. The van der Waals surface area contributed by atoms with Crippen molar-refractivity contribution in [2.45, 2.75) is 25.8 Å². The molecule has 2 N–H and O–H groups in total. The van der Waals surface area contributed by atoms with E-state index in [9.17, 15) is 9.59 Å². The number of rotatable bonds is 3. The van der Waals surface area contributed by atoms with Gasteiger partial charge in [0, 0.05) is 18.2 Å². The van der Waals surface area contributed by atoms with E-state index in [0.717, 1.165) is 25.9 Å². The summed E-state index contributed by atoms with van der Waals surface area (Å²) in [6, 6.07) is 7.10. The van der Waals surface area contributed by atoms with E-state index in [-0.39, 0.29) is 30.1 Å². The van der Waals surface area contributed by atoms with Crippen LogP contribution >= 0.6 is 12.4 Å². The lowest BCUT2D eigenvalue weighted by atomic mass is 10.0. The second kappa shape index (κ2) is 7.26. The van der Waals surface area contributed by atoms with Gasteiger partial charge in [0.2, 0.25) is 0 Å². The number of carbonyl (C=O) groups is 2. The fraction of sp³-hybridized carbons (Fsp3) is 0.429. The van der Waals surface area contributed by atoms with Gasteiger partial charge in [0.15, 0.2) is 5.78 Å². The van der Waals surface area contributed by atoms with Crippen LogP contribution in [0, 0.1) is 0 Å². The van der Waals surface area contributed by atoms with Gasteiger partial charge in [0.05, 0.1) is 5.56 Å². The van der Waals surface area contributed by atoms with Crippen molar-refractivity contribution in [1.29, 1.82) is 0 Å². The number of Topliss-reactive ketones (excluding diaryl/α,β-unsaturated/α-hetero) is 1. The topological polar surface area (TPSA) is 58.2 Å². The molecular formula is C14H19ClN2O2. The first-order valence-corrected chi connectivity index (χ1v) is 6.30. The van der Waals surface area contributed by atoms with Crippen molar-refractivity contribution in [2.24, 2.45) is 0 Å². The molecule has 0 aliphatic carbocycles. The number of nitrogens with one attached hydrogen (secondary N) is 2. The smallest absolute Gasteiger partial charge is 0.252 e. The Morgan fingerprint density at radius 3 is 2.53 bits per heavy atom. The molecule has 1 aromatic carbocycles. The predicted molar refractivity (Wildman–Crippen MR) is 77.1 cm³/mol. The summed E-state index contributed by atoms with van der Waals surface area (Å²) in [7, 11) is 0. The van der Waals surface area contributed by atoms with Crippen LogP contribution in [0.15, 0.2) is 24.3 Å². The van der Waals surface area contributed by atoms with Gasteiger partial charge in [-0.25, -0.2) is 0 Å². The highest BCUT2D eigenvalue weighted by atomic mass is 35.5. The number of hydrogen-bond donors (Lipinski definition) is 2. The van der Waals surface area contributed by atoms with Gasteiger partial charge in [-0.05, 0) is 32.4 Å². The Morgan fingerprint density at radius 2 is 1.95 bits per heavy atom. The van der Waals surface area contributed by atoms with Gasteiger partial charge in [-0.2, -0.15) is 0 Å². The van der Waals surface area contributed by atoms with Gasteiger partial charge in [-0.15, -0.1) is 12.4 Å². The highest BCUT2D eigenvalue weighted by Crippen LogP contribution is 2.11. The van der Waals surface area contributed by atoms with Gasteiger partial charge < -0.3 is 10.6 Å². The first kappa shape index (κ1) is 15.7. The molecule has 0 spiro atoms. The van der Waals surface area contributed by atoms with Gasteiger partial charge in [0.25, 0.3) is 5.91 Å². The Kier molecular flexibility index (Phi) is 5.99. The zero-order valence-corrected chi connectivity index (χ0v) is 11.8. The molecule has 0 aromatic heterocycles. The molecular weight excluding hydrogens is 264 g/mol. The molecule has 0 saturated carbocycles. The van der Waals surface area contributed by atoms with E-state index < -0.39 is 0 Å². The normalized spacial score (nSPS) is 18.3. The first-order chi connectivity index (χ1) is 8.68. The SMILES string of the molecule is CC(=O)c1ccccc1C(=O)NC1CCCNC1.Cl. The molecule has 0 bridgehead atoms. The molecule has 1 atom stereocenters. The van der Waals surface area contributed by atoms with E-state index in [1.807, 2.05) is 0 Å². The monoisotopic (exact) mass is 282 g/mol. The molecule has 1 aliphatic heterocycles. The number of benzene rings is 1. The predicted octanol–water partition coefficient (Wildman–Crippen LogP) is 1.79. The second-order valence-electron chi connectivity index (χ2n) is 4.62. The van der Waals surface area contributed by atoms with Gasteiger partial charge in [-0.1, -0.05) is 18.2 Å². The van der Waals surface area contributed by atoms with E-state index in [1.54, 1.807) is 24.3 Å². The van der Waals surface area contributed by atoms with Crippen molar-refractivity contribution in [1.82, 2.24) is 10.6 Å². The van der Waals surface area contributed by atoms with Crippen LogP contribution in [0.5, 0.6) is 0 Å². The summed E-state index contributed by atoms with van der Waals surface area (Å²) in [5.74, 6) is -0.239. The van der Waals surface area contributed by atoms with Gasteiger partial charge in [-0.3, -0.25) is 9.59 Å². The number of halogens is 1. The van der Waals surface area contributed by atoms with Crippen LogP contribution in [0.3, 0.4) is 0 Å². The van der Waals surface area contributed by atoms with Crippen molar-refractivity contribution in [3.8, 4) is 0 Å². The van der Waals surface area contributed by atoms with Crippen molar-refractivity contribution in [3.63, 3.8) is 0 Å². The van der Waals surface area contributed by atoms with Crippen molar-refractivity contribution < 1.29 is 9.59 Å². The van der Waals surface area contributed by atoms with E-state index >= 15 is 0 Å². The minimum Gasteiger partial charge on any atom is -0.348 e. The van der Waals surface area contributed by atoms with E-state index in [2.05, 4.69) is 10.6 Å². The molecule has 1 aromatic rings. The summed E-state index contributed by atoms with van der Waals surface area (Å²) in [5.41, 5.74) is 0.953. The average molecular weight is 283 g/mol. The molecule has 19 heavy (non-hydrogen) atoms. The number of piperidine rings is 1. The molecule has 104 valence electrons. The van der Waals surface area contributed by atoms with Crippen LogP contribution in [0.1, 0.15) is 40.5 Å². The fourth-order valence-corrected chi connectivity index (χ4v) is 2.23. The molecule has 1 aliphatic rings. The zero-order chi connectivity index (χ0) is 13.0. The maximum atomic E-state index is 12.1. The molecule has 1 saturated heterocycles. The molecule has 4 nitrogen and oxygen atoms in total. The Morgan fingerprint density at radius 1 is 1.26 bits per heavy atom. The Balaban J connectivity index is 0.00000180. The summed E-state index contributed by atoms with van der Waals surface area (Å²) in [5, 5.41) is 6.22. The third kappa shape index (κ3) is 4.04. The summed E-state index contributed by atoms with van der Waals surface area (Å²) < 4.78 is 0. The largest absolute Gasteiger partial charge is 0.348 e.